The average Bonchev–Trinajstić information content (AvgIpc) is 2.76. The molecule has 0 unspecified atom stereocenters. The molecule has 4 heteroatoms. The number of carbonyl (C=O) groups excluding carboxylic acids is 1. The Bertz CT molecular complexity index is 229. The van der Waals surface area contributed by atoms with Gasteiger partial charge in [-0.25, -0.2) is 0 Å². The van der Waals surface area contributed by atoms with Crippen molar-refractivity contribution in [2.75, 3.05) is 0 Å². The van der Waals surface area contributed by atoms with Gasteiger partial charge >= 0.3 is 5.97 Å². The zero-order valence-electron chi connectivity index (χ0n) is 7.44. The van der Waals surface area contributed by atoms with Crippen LogP contribution in [0.5, 0.6) is 0 Å². The largest absolute Gasteiger partial charge is 0.461 e. The summed E-state index contributed by atoms with van der Waals surface area (Å²) in [7, 11) is 0. The fourth-order valence-corrected chi connectivity index (χ4v) is 2.18. The van der Waals surface area contributed by atoms with Crippen molar-refractivity contribution < 1.29 is 14.6 Å². The quantitative estimate of drug-likeness (QED) is 0.588. The van der Waals surface area contributed by atoms with Gasteiger partial charge in [-0.05, 0) is 19.3 Å². The molecule has 2 aliphatic carbocycles. The molecular formula is C9H13BrO3. The molecule has 0 saturated heterocycles. The first-order valence-electron chi connectivity index (χ1n) is 4.62. The van der Waals surface area contributed by atoms with Gasteiger partial charge in [0.2, 0.25) is 0 Å². The Balaban J connectivity index is 1.86. The first-order chi connectivity index (χ1) is 6.09. The summed E-state index contributed by atoms with van der Waals surface area (Å²) in [5, 5.41) is 9.46. The van der Waals surface area contributed by atoms with Crippen LogP contribution in [0, 0.1) is 11.8 Å². The zero-order chi connectivity index (χ0) is 9.59. The monoisotopic (exact) mass is 248 g/mol. The molecule has 2 saturated carbocycles. The highest BCUT2D eigenvalue weighted by molar-refractivity contribution is 9.10. The summed E-state index contributed by atoms with van der Waals surface area (Å²) >= 11 is 3.16. The lowest BCUT2D eigenvalue weighted by Crippen LogP contribution is -2.24. The summed E-state index contributed by atoms with van der Waals surface area (Å²) in [6.07, 6.45) is 1.37. The number of halogens is 1. The van der Waals surface area contributed by atoms with Crippen molar-refractivity contribution in [3.05, 3.63) is 0 Å². The molecule has 2 rings (SSSR count). The van der Waals surface area contributed by atoms with Crippen LogP contribution < -0.4 is 0 Å². The van der Waals surface area contributed by atoms with E-state index in [0.717, 1.165) is 6.42 Å². The number of aliphatic hydroxyl groups excluding tert-OH is 1. The normalized spacial score (nSPS) is 43.9. The van der Waals surface area contributed by atoms with E-state index in [0.29, 0.717) is 18.3 Å². The van der Waals surface area contributed by atoms with Gasteiger partial charge < -0.3 is 9.84 Å². The van der Waals surface area contributed by atoms with Crippen molar-refractivity contribution in [3.63, 3.8) is 0 Å². The molecule has 1 N–H and O–H groups in total. The molecule has 0 spiro atoms. The predicted octanol–water partition coefficient (Wildman–Crippen LogP) is 1.08. The molecule has 0 amide bonds. The summed E-state index contributed by atoms with van der Waals surface area (Å²) in [6.45, 7) is 1.75. The molecule has 0 aromatic rings. The van der Waals surface area contributed by atoms with Crippen LogP contribution in [0.2, 0.25) is 0 Å². The third-order valence-electron chi connectivity index (χ3n) is 2.93. The number of hydrogen-bond acceptors (Lipinski definition) is 3. The van der Waals surface area contributed by atoms with Gasteiger partial charge in [0.25, 0.3) is 0 Å². The summed E-state index contributed by atoms with van der Waals surface area (Å²) in [5.74, 6) is 0.624. The van der Waals surface area contributed by atoms with Crippen LogP contribution in [0.15, 0.2) is 0 Å². The Labute approximate surface area is 85.6 Å². The minimum Gasteiger partial charge on any atom is -0.461 e. The summed E-state index contributed by atoms with van der Waals surface area (Å²) in [5.41, 5.74) is 0. The molecule has 13 heavy (non-hydrogen) atoms. The first-order valence-corrected chi connectivity index (χ1v) is 5.54. The fourth-order valence-electron chi connectivity index (χ4n) is 2.07. The number of fused-ring (bicyclic) bond motifs is 1. The minimum absolute atomic E-state index is 0.0347. The van der Waals surface area contributed by atoms with Crippen molar-refractivity contribution in [3.8, 4) is 0 Å². The van der Waals surface area contributed by atoms with E-state index in [4.69, 9.17) is 4.74 Å². The average molecular weight is 249 g/mol. The third-order valence-corrected chi connectivity index (χ3v) is 3.30. The second-order valence-electron chi connectivity index (χ2n) is 3.96. The van der Waals surface area contributed by atoms with Crippen LogP contribution in [0.4, 0.5) is 0 Å². The van der Waals surface area contributed by atoms with Crippen molar-refractivity contribution in [1.29, 1.82) is 0 Å². The maximum atomic E-state index is 11.2. The topological polar surface area (TPSA) is 46.5 Å². The molecule has 0 heterocycles. The first kappa shape index (κ1) is 9.46. The Kier molecular flexibility index (Phi) is 2.36. The van der Waals surface area contributed by atoms with Crippen LogP contribution in [0.1, 0.15) is 19.8 Å². The Morgan fingerprint density at radius 1 is 1.54 bits per heavy atom. The molecule has 2 fully saturated rings. The molecule has 3 nitrogen and oxygen atoms in total. The van der Waals surface area contributed by atoms with Gasteiger partial charge in [0, 0.05) is 12.3 Å². The summed E-state index contributed by atoms with van der Waals surface area (Å²) in [4.78, 5) is 11.0. The number of rotatable bonds is 2. The van der Waals surface area contributed by atoms with E-state index in [1.807, 2.05) is 0 Å². The maximum Gasteiger partial charge on any atom is 0.319 e. The van der Waals surface area contributed by atoms with Crippen LogP contribution in [0.3, 0.4) is 0 Å². The number of alkyl halides is 1. The predicted molar refractivity (Wildman–Crippen MR) is 50.5 cm³/mol. The SMILES string of the molecule is C[C@@H](Br)C(=O)O[C@@H]1C[C@H](O)[C@H]2C[C@H]21. The Morgan fingerprint density at radius 3 is 2.62 bits per heavy atom. The molecule has 0 aromatic carbocycles. The van der Waals surface area contributed by atoms with Crippen LogP contribution in [-0.2, 0) is 9.53 Å². The van der Waals surface area contributed by atoms with E-state index >= 15 is 0 Å². The molecule has 0 aromatic heterocycles. The highest BCUT2D eigenvalue weighted by Gasteiger charge is 2.55. The van der Waals surface area contributed by atoms with Gasteiger partial charge in [0.15, 0.2) is 0 Å². The van der Waals surface area contributed by atoms with E-state index in [1.165, 1.54) is 0 Å². The third kappa shape index (κ3) is 1.74. The summed E-state index contributed by atoms with van der Waals surface area (Å²) in [6, 6.07) is 0. The number of aliphatic hydroxyl groups is 1. The van der Waals surface area contributed by atoms with Crippen molar-refractivity contribution >= 4 is 21.9 Å². The lowest BCUT2D eigenvalue weighted by molar-refractivity contribution is -0.148. The van der Waals surface area contributed by atoms with Gasteiger partial charge in [-0.15, -0.1) is 0 Å². The zero-order valence-corrected chi connectivity index (χ0v) is 9.03. The van der Waals surface area contributed by atoms with Gasteiger partial charge in [0.05, 0.1) is 6.10 Å². The van der Waals surface area contributed by atoms with E-state index < -0.39 is 0 Å². The van der Waals surface area contributed by atoms with Gasteiger partial charge in [-0.1, -0.05) is 15.9 Å². The lowest BCUT2D eigenvalue weighted by Gasteiger charge is -2.15. The van der Waals surface area contributed by atoms with E-state index in [9.17, 15) is 9.90 Å². The lowest BCUT2D eigenvalue weighted by atomic mass is 10.2. The van der Waals surface area contributed by atoms with Crippen LogP contribution in [0.25, 0.3) is 0 Å². The standard InChI is InChI=1S/C9H13BrO3/c1-4(10)9(12)13-8-3-7(11)5-2-6(5)8/h4-8,11H,2-3H2,1H3/t4-,5+,6-,7+,8-/m1/s1. The van der Waals surface area contributed by atoms with Gasteiger partial charge in [-0.3, -0.25) is 4.79 Å². The van der Waals surface area contributed by atoms with E-state index in [1.54, 1.807) is 6.92 Å². The number of esters is 1. The van der Waals surface area contributed by atoms with Crippen LogP contribution in [-0.4, -0.2) is 28.1 Å². The highest BCUT2D eigenvalue weighted by atomic mass is 79.9. The number of carbonyl (C=O) groups is 1. The van der Waals surface area contributed by atoms with E-state index in [-0.39, 0.29) is 23.0 Å². The second kappa shape index (κ2) is 3.24. The second-order valence-corrected chi connectivity index (χ2v) is 5.33. The molecule has 0 bridgehead atoms. The number of hydrogen-bond donors (Lipinski definition) is 1. The van der Waals surface area contributed by atoms with Gasteiger partial charge in [0.1, 0.15) is 10.9 Å². The summed E-state index contributed by atoms with van der Waals surface area (Å²) < 4.78 is 5.25. The van der Waals surface area contributed by atoms with Crippen LogP contribution >= 0.6 is 15.9 Å². The maximum absolute atomic E-state index is 11.2. The molecule has 74 valence electrons. The molecule has 5 atom stereocenters. The molecule has 0 aliphatic heterocycles. The molecule has 0 radical (unpaired) electrons. The van der Waals surface area contributed by atoms with Gasteiger partial charge in [-0.2, -0.15) is 0 Å². The molecule has 2 aliphatic rings. The van der Waals surface area contributed by atoms with Crippen molar-refractivity contribution in [2.45, 2.75) is 36.8 Å². The van der Waals surface area contributed by atoms with Crippen molar-refractivity contribution in [1.82, 2.24) is 0 Å². The van der Waals surface area contributed by atoms with E-state index in [2.05, 4.69) is 15.9 Å². The Hall–Kier alpha value is -0.0900. The Morgan fingerprint density at radius 2 is 2.23 bits per heavy atom. The minimum atomic E-state index is -0.248. The highest BCUT2D eigenvalue weighted by Crippen LogP contribution is 2.53. The molecular weight excluding hydrogens is 236 g/mol. The number of ether oxygens (including phenoxy) is 1. The smallest absolute Gasteiger partial charge is 0.319 e. The van der Waals surface area contributed by atoms with Crippen molar-refractivity contribution in [2.24, 2.45) is 11.8 Å². The fraction of sp³-hybridized carbons (Fsp3) is 0.889.